The molecule has 0 heterocycles. The van der Waals surface area contributed by atoms with Crippen molar-refractivity contribution in [2.45, 2.75) is 6.43 Å². The highest BCUT2D eigenvalue weighted by Gasteiger charge is 2.09. The molecule has 0 radical (unpaired) electrons. The molecule has 0 fully saturated rings. The van der Waals surface area contributed by atoms with Gasteiger partial charge in [0.2, 0.25) is 0 Å². The lowest BCUT2D eigenvalue weighted by molar-refractivity contribution is 0.161. The molecule has 0 nitrogen and oxygen atoms in total. The summed E-state index contributed by atoms with van der Waals surface area (Å²) in [4.78, 5) is 0. The van der Waals surface area contributed by atoms with Gasteiger partial charge in [-0.3, -0.25) is 0 Å². The number of alkyl halides is 2. The number of allylic oxidation sites excluding steroid dienone is 1. The van der Waals surface area contributed by atoms with Gasteiger partial charge in [0.25, 0.3) is 6.43 Å². The van der Waals surface area contributed by atoms with Crippen LogP contribution in [0.25, 0.3) is 16.8 Å². The topological polar surface area (TPSA) is 0 Å². The molecule has 0 aromatic heterocycles. The number of fused-ring (bicyclic) bond motifs is 1. The lowest BCUT2D eigenvalue weighted by Crippen LogP contribution is -1.89. The van der Waals surface area contributed by atoms with Crippen molar-refractivity contribution in [3.8, 4) is 0 Å². The number of halogens is 3. The van der Waals surface area contributed by atoms with Gasteiger partial charge in [-0.15, -0.1) is 0 Å². The molecule has 0 saturated carbocycles. The van der Waals surface area contributed by atoms with Gasteiger partial charge in [0.1, 0.15) is 0 Å². The molecule has 2 aromatic rings. The van der Waals surface area contributed by atoms with Crippen LogP contribution in [-0.2, 0) is 0 Å². The summed E-state index contributed by atoms with van der Waals surface area (Å²) in [7, 11) is 0. The maximum Gasteiger partial charge on any atom is 0.289 e. The fraction of sp³-hybridized carbons (Fsp3) is 0.0769. The largest absolute Gasteiger partial charge is 0.289 e. The Bertz CT molecular complexity index is 529. The van der Waals surface area contributed by atoms with Crippen molar-refractivity contribution >= 4 is 16.8 Å². The van der Waals surface area contributed by atoms with Crippen molar-refractivity contribution in [1.82, 2.24) is 0 Å². The van der Waals surface area contributed by atoms with Crippen LogP contribution in [0.15, 0.2) is 48.3 Å². The summed E-state index contributed by atoms with van der Waals surface area (Å²) in [6.45, 7) is 0. The van der Waals surface area contributed by atoms with Crippen LogP contribution in [0.1, 0.15) is 5.56 Å². The molecule has 2 rings (SSSR count). The predicted octanol–water partition coefficient (Wildman–Crippen LogP) is 4.42. The van der Waals surface area contributed by atoms with E-state index in [0.29, 0.717) is 5.56 Å². The van der Waals surface area contributed by atoms with Gasteiger partial charge >= 0.3 is 0 Å². The average molecular weight is 222 g/mol. The molecule has 0 N–H and O–H groups in total. The van der Waals surface area contributed by atoms with E-state index in [1.165, 1.54) is 0 Å². The van der Waals surface area contributed by atoms with Gasteiger partial charge in [0.05, 0.1) is 0 Å². The minimum atomic E-state index is -3.05. The standard InChI is InChI=1S/C13H9F3/c14-12(13(15)16)8-9-5-6-10-3-1-2-4-11(10)7-9/h1-8,13H/b12-8+. The molecule has 0 aliphatic rings. The van der Waals surface area contributed by atoms with Crippen LogP contribution in [0.2, 0.25) is 0 Å². The van der Waals surface area contributed by atoms with E-state index in [-0.39, 0.29) is 0 Å². The van der Waals surface area contributed by atoms with Gasteiger partial charge in [-0.1, -0.05) is 36.4 Å². The highest BCUT2D eigenvalue weighted by Crippen LogP contribution is 2.19. The summed E-state index contributed by atoms with van der Waals surface area (Å²) in [6, 6.07) is 12.6. The number of benzene rings is 2. The molecule has 0 amide bonds. The molecule has 0 spiro atoms. The number of rotatable bonds is 2. The summed E-state index contributed by atoms with van der Waals surface area (Å²) in [6.07, 6.45) is -2.19. The molecule has 16 heavy (non-hydrogen) atoms. The van der Waals surface area contributed by atoms with Crippen molar-refractivity contribution < 1.29 is 13.2 Å². The minimum absolute atomic E-state index is 0.441. The summed E-state index contributed by atoms with van der Waals surface area (Å²) in [5, 5.41) is 1.90. The normalized spacial score (nSPS) is 12.4. The Morgan fingerprint density at radius 2 is 1.69 bits per heavy atom. The molecule has 0 aliphatic heterocycles. The van der Waals surface area contributed by atoms with Gasteiger partial charge < -0.3 is 0 Å². The maximum absolute atomic E-state index is 12.7. The Morgan fingerprint density at radius 3 is 2.38 bits per heavy atom. The van der Waals surface area contributed by atoms with Crippen molar-refractivity contribution in [1.29, 1.82) is 0 Å². The summed E-state index contributed by atoms with van der Waals surface area (Å²) < 4.78 is 36.7. The Kier molecular flexibility index (Phi) is 2.95. The van der Waals surface area contributed by atoms with E-state index in [0.717, 1.165) is 16.8 Å². The Balaban J connectivity index is 2.44. The fourth-order valence-corrected chi connectivity index (χ4v) is 1.52. The molecule has 0 bridgehead atoms. The predicted molar refractivity (Wildman–Crippen MR) is 59.0 cm³/mol. The fourth-order valence-electron chi connectivity index (χ4n) is 1.52. The van der Waals surface area contributed by atoms with E-state index in [1.807, 2.05) is 24.3 Å². The van der Waals surface area contributed by atoms with Gasteiger partial charge in [0.15, 0.2) is 5.83 Å². The van der Waals surface area contributed by atoms with Crippen LogP contribution < -0.4 is 0 Å². The SMILES string of the molecule is F/C(=C/c1ccc2ccccc2c1)C(F)F. The number of hydrogen-bond acceptors (Lipinski definition) is 0. The first-order valence-electron chi connectivity index (χ1n) is 4.81. The van der Waals surface area contributed by atoms with Crippen LogP contribution >= 0.6 is 0 Å². The molecule has 0 aliphatic carbocycles. The second kappa shape index (κ2) is 4.39. The summed E-state index contributed by atoms with van der Waals surface area (Å²) in [5.74, 6) is -1.41. The van der Waals surface area contributed by atoms with E-state index >= 15 is 0 Å². The smallest absolute Gasteiger partial charge is 0.205 e. The summed E-state index contributed by atoms with van der Waals surface area (Å²) in [5.41, 5.74) is 0.441. The van der Waals surface area contributed by atoms with Crippen LogP contribution in [0, 0.1) is 0 Å². The van der Waals surface area contributed by atoms with E-state index in [2.05, 4.69) is 0 Å². The quantitative estimate of drug-likeness (QED) is 0.705. The third kappa shape index (κ3) is 2.24. The zero-order chi connectivity index (χ0) is 11.5. The van der Waals surface area contributed by atoms with E-state index < -0.39 is 12.3 Å². The summed E-state index contributed by atoms with van der Waals surface area (Å²) >= 11 is 0. The molecule has 2 aromatic carbocycles. The Hall–Kier alpha value is -1.77. The van der Waals surface area contributed by atoms with Crippen LogP contribution in [-0.4, -0.2) is 6.43 Å². The van der Waals surface area contributed by atoms with E-state index in [1.54, 1.807) is 18.2 Å². The number of hydrogen-bond donors (Lipinski definition) is 0. The van der Waals surface area contributed by atoms with Crippen molar-refractivity contribution in [2.75, 3.05) is 0 Å². The lowest BCUT2D eigenvalue weighted by Gasteiger charge is -2.00. The second-order valence-corrected chi connectivity index (χ2v) is 3.44. The van der Waals surface area contributed by atoms with Crippen molar-refractivity contribution in [2.24, 2.45) is 0 Å². The van der Waals surface area contributed by atoms with Crippen LogP contribution in [0.3, 0.4) is 0 Å². The second-order valence-electron chi connectivity index (χ2n) is 3.44. The molecule has 0 unspecified atom stereocenters. The monoisotopic (exact) mass is 222 g/mol. The van der Waals surface area contributed by atoms with Gasteiger partial charge in [0, 0.05) is 0 Å². The average Bonchev–Trinajstić information content (AvgIpc) is 2.28. The van der Waals surface area contributed by atoms with Gasteiger partial charge in [-0.05, 0) is 28.5 Å². The minimum Gasteiger partial charge on any atom is -0.205 e. The molecule has 0 saturated heterocycles. The van der Waals surface area contributed by atoms with Crippen molar-refractivity contribution in [3.05, 3.63) is 53.9 Å². The zero-order valence-electron chi connectivity index (χ0n) is 8.33. The maximum atomic E-state index is 12.7. The van der Waals surface area contributed by atoms with Crippen molar-refractivity contribution in [3.63, 3.8) is 0 Å². The van der Waals surface area contributed by atoms with Gasteiger partial charge in [-0.2, -0.15) is 0 Å². The third-order valence-corrected chi connectivity index (χ3v) is 2.29. The van der Waals surface area contributed by atoms with Crippen LogP contribution in [0.4, 0.5) is 13.2 Å². The molecule has 3 heteroatoms. The molecular weight excluding hydrogens is 213 g/mol. The zero-order valence-corrected chi connectivity index (χ0v) is 8.33. The first-order chi connectivity index (χ1) is 7.66. The molecular formula is C13H9F3. The highest BCUT2D eigenvalue weighted by molar-refractivity contribution is 5.84. The molecule has 82 valence electrons. The van der Waals surface area contributed by atoms with Crippen LogP contribution in [0.5, 0.6) is 0 Å². The van der Waals surface area contributed by atoms with E-state index in [4.69, 9.17) is 0 Å². The first kappa shape index (κ1) is 10.7. The third-order valence-electron chi connectivity index (χ3n) is 2.29. The van der Waals surface area contributed by atoms with Gasteiger partial charge in [-0.25, -0.2) is 13.2 Å². The lowest BCUT2D eigenvalue weighted by atomic mass is 10.1. The Labute approximate surface area is 91.0 Å². The molecule has 0 atom stereocenters. The highest BCUT2D eigenvalue weighted by atomic mass is 19.3. The van der Waals surface area contributed by atoms with E-state index in [9.17, 15) is 13.2 Å². The first-order valence-corrected chi connectivity index (χ1v) is 4.81. The Morgan fingerprint density at radius 1 is 1.00 bits per heavy atom.